The second-order valence-corrected chi connectivity index (χ2v) is 9.60. The van der Waals surface area contributed by atoms with Crippen LogP contribution in [0.25, 0.3) is 5.69 Å². The molecule has 1 aliphatic heterocycles. The van der Waals surface area contributed by atoms with Gasteiger partial charge in [0, 0.05) is 22.9 Å². The number of benzene rings is 3. The number of fused-ring (bicyclic) bond motifs is 3. The maximum Gasteiger partial charge on any atom is 0.322 e. The van der Waals surface area contributed by atoms with Crippen LogP contribution >= 0.6 is 11.6 Å². The number of rotatable bonds is 5. The van der Waals surface area contributed by atoms with Gasteiger partial charge in [0.2, 0.25) is 5.91 Å². The predicted molar refractivity (Wildman–Crippen MR) is 144 cm³/mol. The van der Waals surface area contributed by atoms with Crippen molar-refractivity contribution in [2.75, 3.05) is 16.8 Å². The van der Waals surface area contributed by atoms with Crippen molar-refractivity contribution < 1.29 is 14.0 Å². The van der Waals surface area contributed by atoms with Gasteiger partial charge in [-0.1, -0.05) is 35.9 Å². The van der Waals surface area contributed by atoms with Crippen molar-refractivity contribution in [1.82, 2.24) is 9.47 Å². The van der Waals surface area contributed by atoms with E-state index in [2.05, 4.69) is 5.32 Å². The highest BCUT2D eigenvalue weighted by Crippen LogP contribution is 2.42. The molecular weight excluding hydrogens is 491 g/mol. The molecule has 5 rings (SSSR count). The van der Waals surface area contributed by atoms with Crippen LogP contribution in [0.2, 0.25) is 5.02 Å². The van der Waals surface area contributed by atoms with Gasteiger partial charge in [-0.05, 0) is 80.1 Å². The largest absolute Gasteiger partial charge is 0.322 e. The number of urea groups is 1. The predicted octanol–water partition coefficient (Wildman–Crippen LogP) is 6.65. The zero-order valence-electron chi connectivity index (χ0n) is 20.4. The van der Waals surface area contributed by atoms with E-state index >= 15 is 0 Å². The van der Waals surface area contributed by atoms with Gasteiger partial charge in [0.05, 0.1) is 17.1 Å². The zero-order chi connectivity index (χ0) is 26.1. The molecule has 0 saturated carbocycles. The summed E-state index contributed by atoms with van der Waals surface area (Å²) in [5.41, 5.74) is 3.80. The topological polar surface area (TPSA) is 57.6 Å². The van der Waals surface area contributed by atoms with E-state index in [1.54, 1.807) is 41.3 Å². The minimum Gasteiger partial charge on any atom is -0.316 e. The summed E-state index contributed by atoms with van der Waals surface area (Å²) in [7, 11) is 0. The molecule has 0 spiro atoms. The van der Waals surface area contributed by atoms with Crippen molar-refractivity contribution in [3.8, 4) is 5.69 Å². The quantitative estimate of drug-likeness (QED) is 0.323. The third kappa shape index (κ3) is 4.82. The number of hydrogen-bond acceptors (Lipinski definition) is 2. The van der Waals surface area contributed by atoms with Crippen LogP contribution in [0, 0.1) is 5.82 Å². The molecule has 1 atom stereocenters. The van der Waals surface area contributed by atoms with E-state index in [-0.39, 0.29) is 24.3 Å². The first-order valence-electron chi connectivity index (χ1n) is 12.0. The lowest BCUT2D eigenvalue weighted by molar-refractivity contribution is -0.119. The van der Waals surface area contributed by atoms with Crippen LogP contribution in [0.15, 0.2) is 91.1 Å². The standard InChI is InChI=1S/C29H26ClFN4O2/c1-19(2)34(29(37)32-23-15-11-21(30)12-16-23)18-27(36)35-25-7-4-3-6-24(25)33-17-5-8-26(33)28(35)20-9-13-22(31)14-10-20/h3-17,19,28H,18H2,1-2H3,(H,32,37). The van der Waals surface area contributed by atoms with Gasteiger partial charge < -0.3 is 14.8 Å². The van der Waals surface area contributed by atoms with Gasteiger partial charge in [0.25, 0.3) is 0 Å². The van der Waals surface area contributed by atoms with Crippen LogP contribution in [-0.2, 0) is 4.79 Å². The van der Waals surface area contributed by atoms with E-state index < -0.39 is 12.1 Å². The number of nitrogens with zero attached hydrogens (tertiary/aromatic N) is 3. The first-order chi connectivity index (χ1) is 17.8. The number of carbonyl (C=O) groups is 2. The van der Waals surface area contributed by atoms with Gasteiger partial charge in [-0.3, -0.25) is 9.69 Å². The molecule has 1 aliphatic rings. The molecule has 1 unspecified atom stereocenters. The number of halogens is 2. The second-order valence-electron chi connectivity index (χ2n) is 9.17. The molecule has 37 heavy (non-hydrogen) atoms. The van der Waals surface area contributed by atoms with Crippen molar-refractivity contribution >= 4 is 34.9 Å². The molecule has 2 heterocycles. The minimum absolute atomic E-state index is 0.149. The zero-order valence-corrected chi connectivity index (χ0v) is 21.2. The number of hydrogen-bond donors (Lipinski definition) is 1. The fraction of sp³-hybridized carbons (Fsp3) is 0.172. The Hall–Kier alpha value is -4.10. The summed E-state index contributed by atoms with van der Waals surface area (Å²) >= 11 is 5.96. The number of aromatic nitrogens is 1. The lowest BCUT2D eigenvalue weighted by Gasteiger charge is -2.40. The molecule has 3 amide bonds. The minimum atomic E-state index is -0.494. The van der Waals surface area contributed by atoms with E-state index in [1.165, 1.54) is 17.0 Å². The van der Waals surface area contributed by atoms with Gasteiger partial charge in [0.1, 0.15) is 18.4 Å². The maximum absolute atomic E-state index is 14.1. The number of amides is 3. The Kier molecular flexibility index (Phi) is 6.72. The molecule has 8 heteroatoms. The van der Waals surface area contributed by atoms with Crippen molar-refractivity contribution in [3.63, 3.8) is 0 Å². The van der Waals surface area contributed by atoms with Crippen LogP contribution in [0.1, 0.15) is 31.1 Å². The van der Waals surface area contributed by atoms with Gasteiger partial charge in [0.15, 0.2) is 0 Å². The van der Waals surface area contributed by atoms with Gasteiger partial charge in [-0.25, -0.2) is 9.18 Å². The number of nitrogens with one attached hydrogen (secondary N) is 1. The molecule has 0 fully saturated rings. The van der Waals surface area contributed by atoms with Crippen molar-refractivity contribution in [3.05, 3.63) is 113 Å². The van der Waals surface area contributed by atoms with Crippen LogP contribution < -0.4 is 10.2 Å². The molecule has 0 radical (unpaired) electrons. The summed E-state index contributed by atoms with van der Waals surface area (Å²) in [6.07, 6.45) is 1.95. The van der Waals surface area contributed by atoms with Gasteiger partial charge >= 0.3 is 6.03 Å². The summed E-state index contributed by atoms with van der Waals surface area (Å²) in [5, 5.41) is 3.41. The Morgan fingerprint density at radius 2 is 1.62 bits per heavy atom. The van der Waals surface area contributed by atoms with E-state index in [4.69, 9.17) is 11.6 Å². The van der Waals surface area contributed by atoms with Crippen LogP contribution in [0.3, 0.4) is 0 Å². The second kappa shape index (κ2) is 10.1. The molecule has 1 aromatic heterocycles. The Morgan fingerprint density at radius 1 is 0.946 bits per heavy atom. The molecule has 0 aliphatic carbocycles. The Morgan fingerprint density at radius 3 is 2.30 bits per heavy atom. The highest BCUT2D eigenvalue weighted by atomic mass is 35.5. The average molecular weight is 517 g/mol. The summed E-state index contributed by atoms with van der Waals surface area (Å²) in [6.45, 7) is 3.58. The molecule has 0 saturated heterocycles. The Labute approximate surface area is 219 Å². The molecule has 1 N–H and O–H groups in total. The summed E-state index contributed by atoms with van der Waals surface area (Å²) in [4.78, 5) is 30.5. The SMILES string of the molecule is CC(C)N(CC(=O)N1c2ccccc2-n2cccc2C1c1ccc(F)cc1)C(=O)Nc1ccc(Cl)cc1. The van der Waals surface area contributed by atoms with Crippen LogP contribution in [-0.4, -0.2) is 34.0 Å². The summed E-state index contributed by atoms with van der Waals surface area (Å²) in [5.74, 6) is -0.604. The fourth-order valence-electron chi connectivity index (χ4n) is 4.66. The molecule has 0 bridgehead atoms. The van der Waals surface area contributed by atoms with E-state index in [0.717, 1.165) is 16.9 Å². The monoisotopic (exact) mass is 516 g/mol. The highest BCUT2D eigenvalue weighted by molar-refractivity contribution is 6.30. The van der Waals surface area contributed by atoms with Crippen LogP contribution in [0.4, 0.5) is 20.6 Å². The van der Waals surface area contributed by atoms with E-state index in [0.29, 0.717) is 16.4 Å². The lowest BCUT2D eigenvalue weighted by atomic mass is 9.97. The molecule has 6 nitrogen and oxygen atoms in total. The number of anilines is 2. The normalized spacial score (nSPS) is 14.2. The molecular formula is C29H26ClFN4O2. The molecule has 188 valence electrons. The van der Waals surface area contributed by atoms with Gasteiger partial charge in [-0.15, -0.1) is 0 Å². The third-order valence-corrected chi connectivity index (χ3v) is 6.71. The number of para-hydroxylation sites is 2. The van der Waals surface area contributed by atoms with Crippen molar-refractivity contribution in [2.24, 2.45) is 0 Å². The van der Waals surface area contributed by atoms with Crippen molar-refractivity contribution in [1.29, 1.82) is 0 Å². The van der Waals surface area contributed by atoms with Crippen molar-refractivity contribution in [2.45, 2.75) is 25.9 Å². The first kappa shape index (κ1) is 24.6. The summed E-state index contributed by atoms with van der Waals surface area (Å²) in [6, 6.07) is 23.4. The highest BCUT2D eigenvalue weighted by Gasteiger charge is 2.37. The average Bonchev–Trinajstić information content (AvgIpc) is 3.38. The lowest BCUT2D eigenvalue weighted by Crippen LogP contribution is -2.49. The fourth-order valence-corrected chi connectivity index (χ4v) is 4.79. The van der Waals surface area contributed by atoms with E-state index in [9.17, 15) is 14.0 Å². The van der Waals surface area contributed by atoms with Gasteiger partial charge in [-0.2, -0.15) is 0 Å². The molecule has 3 aromatic carbocycles. The molecule has 4 aromatic rings. The smallest absolute Gasteiger partial charge is 0.316 e. The van der Waals surface area contributed by atoms with E-state index in [1.807, 2.05) is 61.0 Å². The van der Waals surface area contributed by atoms with Crippen LogP contribution in [0.5, 0.6) is 0 Å². The summed E-state index contributed by atoms with van der Waals surface area (Å²) < 4.78 is 15.8. The third-order valence-electron chi connectivity index (χ3n) is 6.46. The Balaban J connectivity index is 1.51. The maximum atomic E-state index is 14.1. The Bertz CT molecular complexity index is 1430. The number of carbonyl (C=O) groups excluding carboxylic acids is 2. The first-order valence-corrected chi connectivity index (χ1v) is 12.4.